The topological polar surface area (TPSA) is 72.7 Å². The van der Waals surface area contributed by atoms with Crippen molar-refractivity contribution in [2.45, 2.75) is 6.54 Å². The zero-order chi connectivity index (χ0) is 20.3. The van der Waals surface area contributed by atoms with Gasteiger partial charge in [-0.15, -0.1) is 11.3 Å². The first kappa shape index (κ1) is 18.2. The number of pyridine rings is 1. The highest BCUT2D eigenvalue weighted by Crippen LogP contribution is 2.26. The van der Waals surface area contributed by atoms with Crippen molar-refractivity contribution in [3.05, 3.63) is 100 Å². The highest BCUT2D eigenvalue weighted by molar-refractivity contribution is 7.14. The Morgan fingerprint density at radius 1 is 0.933 bits per heavy atom. The fraction of sp³-hybridized carbons (Fsp3) is 0.0435. The Labute approximate surface area is 176 Å². The molecule has 0 unspecified atom stereocenters. The lowest BCUT2D eigenvalue weighted by molar-refractivity contribution is 0.767. The Hall–Kier alpha value is -3.84. The molecule has 0 saturated heterocycles. The molecule has 0 atom stereocenters. The van der Waals surface area contributed by atoms with Crippen LogP contribution in [0.5, 0.6) is 0 Å². The number of nitrogens with zero attached hydrogens (tertiary/aromatic N) is 4. The summed E-state index contributed by atoms with van der Waals surface area (Å²) in [4.78, 5) is 26.2. The van der Waals surface area contributed by atoms with Crippen molar-refractivity contribution in [2.75, 3.05) is 5.32 Å². The van der Waals surface area contributed by atoms with E-state index in [4.69, 9.17) is 0 Å². The van der Waals surface area contributed by atoms with Crippen LogP contribution in [0.1, 0.15) is 5.56 Å². The number of thiazole rings is 1. The SMILES string of the molecule is O=c1c2cnc(Nc3nc(-c4ccccc4)cs3)nc2ccn1Cc1ccccc1. The molecule has 0 amide bonds. The van der Waals surface area contributed by atoms with Crippen molar-refractivity contribution in [3.63, 3.8) is 0 Å². The molecule has 7 heteroatoms. The largest absolute Gasteiger partial charge is 0.310 e. The molecule has 0 aliphatic carbocycles. The van der Waals surface area contributed by atoms with E-state index in [0.717, 1.165) is 16.8 Å². The maximum absolute atomic E-state index is 12.8. The monoisotopic (exact) mass is 411 g/mol. The second-order valence-electron chi connectivity index (χ2n) is 6.76. The van der Waals surface area contributed by atoms with E-state index in [1.807, 2.05) is 72.1 Å². The fourth-order valence-electron chi connectivity index (χ4n) is 3.20. The summed E-state index contributed by atoms with van der Waals surface area (Å²) in [5.41, 5.74) is 3.51. The minimum absolute atomic E-state index is 0.108. The minimum Gasteiger partial charge on any atom is -0.310 e. The second-order valence-corrected chi connectivity index (χ2v) is 7.61. The van der Waals surface area contributed by atoms with Gasteiger partial charge in [0.25, 0.3) is 5.56 Å². The first-order valence-electron chi connectivity index (χ1n) is 9.44. The molecule has 1 N–H and O–H groups in total. The standard InChI is InChI=1S/C23H17N5OS/c29-21-18-13-24-22(27-23-26-20(15-30-23)17-9-5-2-6-10-17)25-19(18)11-12-28(21)14-16-7-3-1-4-8-16/h1-13,15H,14H2,(H,24,25,26,27). The molecule has 5 aromatic rings. The third kappa shape index (κ3) is 3.70. The fourth-order valence-corrected chi connectivity index (χ4v) is 3.92. The molecule has 0 fully saturated rings. The molecule has 146 valence electrons. The summed E-state index contributed by atoms with van der Waals surface area (Å²) in [6.45, 7) is 0.511. The van der Waals surface area contributed by atoms with E-state index < -0.39 is 0 Å². The number of aromatic nitrogens is 4. The Balaban J connectivity index is 1.40. The first-order valence-corrected chi connectivity index (χ1v) is 10.3. The van der Waals surface area contributed by atoms with Gasteiger partial charge in [-0.1, -0.05) is 60.7 Å². The number of anilines is 2. The van der Waals surface area contributed by atoms with Gasteiger partial charge >= 0.3 is 0 Å². The van der Waals surface area contributed by atoms with Crippen LogP contribution in [-0.2, 0) is 6.54 Å². The highest BCUT2D eigenvalue weighted by atomic mass is 32.1. The van der Waals surface area contributed by atoms with E-state index in [1.54, 1.807) is 17.0 Å². The maximum Gasteiger partial charge on any atom is 0.261 e. The highest BCUT2D eigenvalue weighted by Gasteiger charge is 2.09. The van der Waals surface area contributed by atoms with Crippen molar-refractivity contribution in [3.8, 4) is 11.3 Å². The summed E-state index contributed by atoms with van der Waals surface area (Å²) >= 11 is 1.48. The van der Waals surface area contributed by atoms with E-state index in [-0.39, 0.29) is 5.56 Å². The summed E-state index contributed by atoms with van der Waals surface area (Å²) in [7, 11) is 0. The Kier molecular flexibility index (Phi) is 4.78. The summed E-state index contributed by atoms with van der Waals surface area (Å²) in [6, 6.07) is 21.7. The van der Waals surface area contributed by atoms with Gasteiger partial charge in [0.15, 0.2) is 5.13 Å². The van der Waals surface area contributed by atoms with E-state index in [0.29, 0.717) is 28.5 Å². The molecule has 30 heavy (non-hydrogen) atoms. The summed E-state index contributed by atoms with van der Waals surface area (Å²) < 4.78 is 1.67. The molecule has 3 aromatic heterocycles. The molecule has 5 rings (SSSR count). The Bertz CT molecular complexity index is 1360. The van der Waals surface area contributed by atoms with Gasteiger partial charge in [0, 0.05) is 23.3 Å². The van der Waals surface area contributed by atoms with Crippen LogP contribution >= 0.6 is 11.3 Å². The quantitative estimate of drug-likeness (QED) is 0.454. The van der Waals surface area contributed by atoms with Crippen LogP contribution in [-0.4, -0.2) is 19.5 Å². The summed E-state index contributed by atoms with van der Waals surface area (Å²) in [5.74, 6) is 0.414. The van der Waals surface area contributed by atoms with Crippen molar-refractivity contribution in [1.82, 2.24) is 19.5 Å². The summed E-state index contributed by atoms with van der Waals surface area (Å²) in [5, 5.41) is 6.31. The first-order chi connectivity index (χ1) is 14.8. The third-order valence-corrected chi connectivity index (χ3v) is 5.47. The number of hydrogen-bond donors (Lipinski definition) is 1. The number of benzene rings is 2. The Morgan fingerprint density at radius 2 is 1.70 bits per heavy atom. The number of hydrogen-bond acceptors (Lipinski definition) is 6. The van der Waals surface area contributed by atoms with Crippen LogP contribution in [0.3, 0.4) is 0 Å². The Morgan fingerprint density at radius 3 is 2.50 bits per heavy atom. The van der Waals surface area contributed by atoms with Gasteiger partial charge < -0.3 is 9.88 Å². The molecule has 0 aliphatic heterocycles. The average Bonchev–Trinajstić information content (AvgIpc) is 3.26. The molecule has 0 bridgehead atoms. The number of nitrogens with one attached hydrogen (secondary N) is 1. The molecule has 0 aliphatic rings. The van der Waals surface area contributed by atoms with E-state index in [1.165, 1.54) is 11.3 Å². The predicted octanol–water partition coefficient (Wildman–Crippen LogP) is 4.71. The van der Waals surface area contributed by atoms with Crippen LogP contribution < -0.4 is 10.9 Å². The van der Waals surface area contributed by atoms with Crippen LogP contribution in [0.4, 0.5) is 11.1 Å². The van der Waals surface area contributed by atoms with Crippen molar-refractivity contribution in [2.24, 2.45) is 0 Å². The predicted molar refractivity (Wildman–Crippen MR) is 120 cm³/mol. The van der Waals surface area contributed by atoms with Crippen molar-refractivity contribution in [1.29, 1.82) is 0 Å². The molecular weight excluding hydrogens is 394 g/mol. The number of rotatable bonds is 5. The smallest absolute Gasteiger partial charge is 0.261 e. The maximum atomic E-state index is 12.8. The van der Waals surface area contributed by atoms with Crippen LogP contribution in [0.25, 0.3) is 22.2 Å². The molecule has 2 aromatic carbocycles. The lowest BCUT2D eigenvalue weighted by Gasteiger charge is -2.08. The van der Waals surface area contributed by atoms with E-state index >= 15 is 0 Å². The van der Waals surface area contributed by atoms with Gasteiger partial charge in [-0.2, -0.15) is 0 Å². The zero-order valence-corrected chi connectivity index (χ0v) is 16.7. The van der Waals surface area contributed by atoms with Crippen LogP contribution in [0, 0.1) is 0 Å². The van der Waals surface area contributed by atoms with E-state index in [2.05, 4.69) is 20.3 Å². The molecule has 0 spiro atoms. The van der Waals surface area contributed by atoms with E-state index in [9.17, 15) is 4.79 Å². The van der Waals surface area contributed by atoms with Gasteiger partial charge in [0.1, 0.15) is 0 Å². The lowest BCUT2D eigenvalue weighted by Crippen LogP contribution is -2.20. The minimum atomic E-state index is -0.108. The van der Waals surface area contributed by atoms with Crippen molar-refractivity contribution < 1.29 is 0 Å². The molecular formula is C23H17N5OS. The average molecular weight is 411 g/mol. The van der Waals surface area contributed by atoms with Gasteiger partial charge in [0.05, 0.1) is 23.1 Å². The molecule has 0 saturated carbocycles. The lowest BCUT2D eigenvalue weighted by atomic mass is 10.2. The van der Waals surface area contributed by atoms with Crippen molar-refractivity contribution >= 4 is 33.3 Å². The van der Waals surface area contributed by atoms with Gasteiger partial charge in [0.2, 0.25) is 5.95 Å². The van der Waals surface area contributed by atoms with Crippen LogP contribution in [0.15, 0.2) is 89.3 Å². The zero-order valence-electron chi connectivity index (χ0n) is 15.9. The molecule has 3 heterocycles. The molecule has 0 radical (unpaired) electrons. The second kappa shape index (κ2) is 7.88. The summed E-state index contributed by atoms with van der Waals surface area (Å²) in [6.07, 6.45) is 3.34. The molecule has 6 nitrogen and oxygen atoms in total. The normalized spacial score (nSPS) is 10.9. The van der Waals surface area contributed by atoms with Gasteiger partial charge in [-0.3, -0.25) is 4.79 Å². The third-order valence-electron chi connectivity index (χ3n) is 4.71. The number of fused-ring (bicyclic) bond motifs is 1. The van der Waals surface area contributed by atoms with Crippen LogP contribution in [0.2, 0.25) is 0 Å². The van der Waals surface area contributed by atoms with Gasteiger partial charge in [-0.05, 0) is 11.6 Å². The van der Waals surface area contributed by atoms with Gasteiger partial charge in [-0.25, -0.2) is 15.0 Å².